The lowest BCUT2D eigenvalue weighted by Crippen LogP contribution is -2.45. The second-order valence-electron chi connectivity index (χ2n) is 12.5. The number of H-pyrrole nitrogens is 1. The highest BCUT2D eigenvalue weighted by Crippen LogP contribution is 2.55. The third-order valence-corrected chi connectivity index (χ3v) is 9.82. The lowest BCUT2D eigenvalue weighted by atomic mass is 9.59. The third kappa shape index (κ3) is 4.65. The number of fused-ring (bicyclic) bond motifs is 1. The molecule has 3 heterocycles. The fourth-order valence-electron chi connectivity index (χ4n) is 7.01. The molecule has 4 aliphatic rings. The van der Waals surface area contributed by atoms with E-state index in [1.54, 1.807) is 12.3 Å². The first-order valence-corrected chi connectivity index (χ1v) is 14.8. The van der Waals surface area contributed by atoms with Gasteiger partial charge < -0.3 is 15.7 Å². The van der Waals surface area contributed by atoms with Crippen LogP contribution in [0, 0.1) is 16.6 Å². The van der Waals surface area contributed by atoms with Crippen LogP contribution in [-0.2, 0) is 4.79 Å². The highest BCUT2D eigenvalue weighted by atomic mass is 19.1. The number of amides is 1. The number of aromatic amines is 1. The molecular weight excluding hydrogens is 533 g/mol. The van der Waals surface area contributed by atoms with E-state index in [0.29, 0.717) is 35.6 Å². The topological polar surface area (TPSA) is 120 Å². The van der Waals surface area contributed by atoms with Crippen LogP contribution in [0.3, 0.4) is 0 Å². The van der Waals surface area contributed by atoms with Gasteiger partial charge in [-0.3, -0.25) is 19.7 Å². The van der Waals surface area contributed by atoms with Crippen LogP contribution in [0.2, 0.25) is 0 Å². The quantitative estimate of drug-likeness (QED) is 0.299. The molecule has 1 atom stereocenters. The number of ketones is 1. The number of anilines is 1. The van der Waals surface area contributed by atoms with Crippen molar-refractivity contribution in [1.29, 1.82) is 0 Å². The molecule has 42 heavy (non-hydrogen) atoms. The maximum absolute atomic E-state index is 13.7. The monoisotopic (exact) mass is 567 g/mol. The SMILES string of the molecule is O=C1CC2(CCC2)CC2=C1C(/C=C/c1ccc(-c3cccc(F)c3)cn1)c1c(C(=O)NCC3(CO)CCC3)n[nH]c1N2. The van der Waals surface area contributed by atoms with E-state index in [2.05, 4.69) is 25.8 Å². The van der Waals surface area contributed by atoms with Crippen LogP contribution in [0.15, 0.2) is 59.9 Å². The zero-order valence-corrected chi connectivity index (χ0v) is 23.4. The van der Waals surface area contributed by atoms with Crippen molar-refractivity contribution in [2.45, 2.75) is 57.3 Å². The molecule has 1 spiro atoms. The average Bonchev–Trinajstić information content (AvgIpc) is 3.38. The normalized spacial score (nSPS) is 21.8. The zero-order chi connectivity index (χ0) is 28.9. The maximum Gasteiger partial charge on any atom is 0.272 e. The number of rotatable bonds is 7. The number of carbonyl (C=O) groups is 2. The summed E-state index contributed by atoms with van der Waals surface area (Å²) in [5.41, 5.74) is 4.48. The minimum atomic E-state index is -0.471. The molecule has 8 nitrogen and oxygen atoms in total. The summed E-state index contributed by atoms with van der Waals surface area (Å²) >= 11 is 0. The molecule has 2 saturated carbocycles. The Kier molecular flexibility index (Phi) is 6.57. The first-order valence-electron chi connectivity index (χ1n) is 14.8. The predicted octanol–water partition coefficient (Wildman–Crippen LogP) is 5.51. The molecule has 4 N–H and O–H groups in total. The Balaban J connectivity index is 1.21. The number of aliphatic hydroxyl groups is 1. The Bertz CT molecular complexity index is 1610. The number of hydrogen-bond donors (Lipinski definition) is 4. The molecule has 0 saturated heterocycles. The molecular formula is C33H34FN5O3. The molecule has 7 rings (SSSR count). The van der Waals surface area contributed by atoms with Crippen molar-refractivity contribution in [3.8, 4) is 11.1 Å². The van der Waals surface area contributed by atoms with Crippen molar-refractivity contribution in [2.24, 2.45) is 10.8 Å². The molecule has 216 valence electrons. The van der Waals surface area contributed by atoms with Gasteiger partial charge in [-0.1, -0.05) is 37.1 Å². The summed E-state index contributed by atoms with van der Waals surface area (Å²) in [5.74, 6) is -0.358. The minimum Gasteiger partial charge on any atom is -0.396 e. The van der Waals surface area contributed by atoms with Crippen LogP contribution >= 0.6 is 0 Å². The summed E-state index contributed by atoms with van der Waals surface area (Å²) in [6.45, 7) is 0.422. The van der Waals surface area contributed by atoms with Crippen LogP contribution in [0.4, 0.5) is 10.2 Å². The highest BCUT2D eigenvalue weighted by Gasteiger charge is 2.48. The van der Waals surface area contributed by atoms with Gasteiger partial charge in [0.1, 0.15) is 11.6 Å². The molecule has 0 bridgehead atoms. The van der Waals surface area contributed by atoms with Crippen molar-refractivity contribution in [1.82, 2.24) is 20.5 Å². The second-order valence-corrected chi connectivity index (χ2v) is 12.5. The number of carbonyl (C=O) groups excluding carboxylic acids is 2. The fourth-order valence-corrected chi connectivity index (χ4v) is 7.01. The fraction of sp³-hybridized carbons (Fsp3) is 0.394. The number of benzene rings is 1. The van der Waals surface area contributed by atoms with Crippen LogP contribution in [0.1, 0.15) is 79.0 Å². The van der Waals surface area contributed by atoms with Crippen molar-refractivity contribution in [3.63, 3.8) is 0 Å². The van der Waals surface area contributed by atoms with E-state index in [9.17, 15) is 19.1 Å². The maximum atomic E-state index is 13.7. The predicted molar refractivity (Wildman–Crippen MR) is 157 cm³/mol. The number of aliphatic hydroxyl groups excluding tert-OH is 1. The summed E-state index contributed by atoms with van der Waals surface area (Å²) in [6.07, 6.45) is 12.9. The van der Waals surface area contributed by atoms with Crippen LogP contribution in [-0.4, -0.2) is 45.1 Å². The van der Waals surface area contributed by atoms with Crippen molar-refractivity contribution in [2.75, 3.05) is 18.5 Å². The van der Waals surface area contributed by atoms with E-state index >= 15 is 0 Å². The number of hydrogen-bond acceptors (Lipinski definition) is 6. The molecule has 1 aromatic carbocycles. The highest BCUT2D eigenvalue weighted by molar-refractivity contribution is 6.03. The zero-order valence-electron chi connectivity index (χ0n) is 23.4. The summed E-state index contributed by atoms with van der Waals surface area (Å²) in [5, 5.41) is 23.7. The van der Waals surface area contributed by atoms with E-state index in [4.69, 9.17) is 0 Å². The van der Waals surface area contributed by atoms with Crippen LogP contribution in [0.5, 0.6) is 0 Å². The number of pyridine rings is 1. The Morgan fingerprint density at radius 2 is 1.95 bits per heavy atom. The van der Waals surface area contributed by atoms with Gasteiger partial charge in [0.15, 0.2) is 11.5 Å². The Morgan fingerprint density at radius 3 is 2.62 bits per heavy atom. The summed E-state index contributed by atoms with van der Waals surface area (Å²) in [7, 11) is 0. The number of Topliss-reactive ketones (excluding diaryl/α,β-unsaturated/α-hetero) is 1. The number of aromatic nitrogens is 3. The first kappa shape index (κ1) is 26.8. The number of nitrogens with zero attached hydrogens (tertiary/aromatic N) is 2. The van der Waals surface area contributed by atoms with Gasteiger partial charge in [0.25, 0.3) is 5.91 Å². The van der Waals surface area contributed by atoms with Gasteiger partial charge in [-0.15, -0.1) is 0 Å². The van der Waals surface area contributed by atoms with Gasteiger partial charge >= 0.3 is 0 Å². The molecule has 1 unspecified atom stereocenters. The van der Waals surface area contributed by atoms with E-state index < -0.39 is 5.92 Å². The number of allylic oxidation sites excluding steroid dienone is 3. The van der Waals surface area contributed by atoms with Gasteiger partial charge in [0.2, 0.25) is 0 Å². The molecule has 1 amide bonds. The van der Waals surface area contributed by atoms with Crippen molar-refractivity contribution in [3.05, 3.63) is 82.7 Å². The molecule has 3 aromatic rings. The van der Waals surface area contributed by atoms with Crippen molar-refractivity contribution >= 4 is 23.6 Å². The van der Waals surface area contributed by atoms with Crippen molar-refractivity contribution < 1.29 is 19.1 Å². The molecule has 0 radical (unpaired) electrons. The molecule has 2 fully saturated rings. The van der Waals surface area contributed by atoms with Crippen LogP contribution in [0.25, 0.3) is 17.2 Å². The second kappa shape index (κ2) is 10.3. The largest absolute Gasteiger partial charge is 0.396 e. The molecule has 3 aliphatic carbocycles. The van der Waals surface area contributed by atoms with Gasteiger partial charge in [-0.05, 0) is 67.4 Å². The standard InChI is InChI=1S/C33H34FN5O3/c34-22-5-1-4-20(14-22)21-6-7-23(35-17-21)8-9-24-27-25(15-32(10-2-11-32)16-26(27)41)37-30-28(24)29(38-39-30)31(42)36-18-33(19-40)12-3-13-33/h1,4-9,14,17,24,40H,2-3,10-13,15-16,18-19H2,(H,36,42)(H2,37,38,39)/b9-8+. The third-order valence-electron chi connectivity index (χ3n) is 9.82. The number of halogens is 1. The van der Waals surface area contributed by atoms with Gasteiger partial charge in [-0.2, -0.15) is 5.10 Å². The summed E-state index contributed by atoms with van der Waals surface area (Å²) < 4.78 is 13.7. The summed E-state index contributed by atoms with van der Waals surface area (Å²) in [6, 6.07) is 10.1. The molecule has 2 aromatic heterocycles. The minimum absolute atomic E-state index is 0.0323. The van der Waals surface area contributed by atoms with E-state index in [-0.39, 0.29) is 40.6 Å². The van der Waals surface area contributed by atoms with Gasteiger partial charge in [0, 0.05) is 52.9 Å². The van der Waals surface area contributed by atoms with Gasteiger partial charge in [0.05, 0.1) is 12.3 Å². The van der Waals surface area contributed by atoms with E-state index in [0.717, 1.165) is 61.8 Å². The van der Waals surface area contributed by atoms with E-state index in [1.165, 1.54) is 12.1 Å². The number of nitrogens with one attached hydrogen (secondary N) is 3. The smallest absolute Gasteiger partial charge is 0.272 e. The van der Waals surface area contributed by atoms with Gasteiger partial charge in [-0.25, -0.2) is 4.39 Å². The lowest BCUT2D eigenvalue weighted by molar-refractivity contribution is -0.120. The van der Waals surface area contributed by atoms with Crippen LogP contribution < -0.4 is 10.6 Å². The molecule has 1 aliphatic heterocycles. The summed E-state index contributed by atoms with van der Waals surface area (Å²) in [4.78, 5) is 31.7. The Hall–Kier alpha value is -4.11. The Morgan fingerprint density at radius 1 is 1.12 bits per heavy atom. The average molecular weight is 568 g/mol. The van der Waals surface area contributed by atoms with E-state index in [1.807, 2.05) is 30.4 Å². The molecule has 9 heteroatoms. The first-order chi connectivity index (χ1) is 20.4. The Labute approximate surface area is 243 Å². The lowest BCUT2D eigenvalue weighted by Gasteiger charge is -2.47.